The van der Waals surface area contributed by atoms with Crippen LogP contribution in [0.1, 0.15) is 19.3 Å². The summed E-state index contributed by atoms with van der Waals surface area (Å²) in [5, 5.41) is 9.92. The van der Waals surface area contributed by atoms with E-state index >= 15 is 0 Å². The van der Waals surface area contributed by atoms with E-state index in [4.69, 9.17) is 0 Å². The fraction of sp³-hybridized carbons (Fsp3) is 0.471. The number of nitrogens with zero attached hydrogens (tertiary/aromatic N) is 2. The van der Waals surface area contributed by atoms with Gasteiger partial charge in [-0.05, 0) is 37.9 Å². The van der Waals surface area contributed by atoms with Gasteiger partial charge in [-0.2, -0.15) is 0 Å². The zero-order valence-corrected chi connectivity index (χ0v) is 14.0. The second-order valence-electron chi connectivity index (χ2n) is 5.79. The summed E-state index contributed by atoms with van der Waals surface area (Å²) in [6, 6.07) is 7.40. The van der Waals surface area contributed by atoms with Gasteiger partial charge in [-0.15, -0.1) is 11.3 Å². The van der Waals surface area contributed by atoms with Crippen molar-refractivity contribution in [1.29, 1.82) is 0 Å². The zero-order chi connectivity index (χ0) is 15.9. The fourth-order valence-electron chi connectivity index (χ4n) is 2.87. The number of benzene rings is 1. The maximum Gasteiger partial charge on any atom is 0.185 e. The molecule has 1 aliphatic rings. The van der Waals surface area contributed by atoms with Crippen molar-refractivity contribution in [3.63, 3.8) is 0 Å². The second kappa shape index (κ2) is 8.26. The van der Waals surface area contributed by atoms with E-state index in [1.165, 1.54) is 6.07 Å². The summed E-state index contributed by atoms with van der Waals surface area (Å²) in [7, 11) is 0. The van der Waals surface area contributed by atoms with Crippen LogP contribution in [0.2, 0.25) is 0 Å². The third-order valence-electron chi connectivity index (χ3n) is 4.16. The smallest absolute Gasteiger partial charge is 0.185 e. The van der Waals surface area contributed by atoms with E-state index in [0.717, 1.165) is 50.6 Å². The zero-order valence-electron chi connectivity index (χ0n) is 13.2. The lowest BCUT2D eigenvalue weighted by atomic mass is 10.1. The third kappa shape index (κ3) is 4.65. The Balaban J connectivity index is 1.29. The van der Waals surface area contributed by atoms with Crippen LogP contribution < -0.4 is 15.5 Å². The molecule has 23 heavy (non-hydrogen) atoms. The molecule has 1 aromatic heterocycles. The largest absolute Gasteiger partial charge is 0.383 e. The van der Waals surface area contributed by atoms with Gasteiger partial charge in [0, 0.05) is 37.3 Å². The molecule has 0 spiro atoms. The molecule has 2 aromatic rings. The molecule has 0 amide bonds. The van der Waals surface area contributed by atoms with Gasteiger partial charge in [0.05, 0.1) is 5.69 Å². The Kier molecular flexibility index (Phi) is 5.82. The molecule has 0 saturated carbocycles. The van der Waals surface area contributed by atoms with Gasteiger partial charge in [0.25, 0.3) is 0 Å². The molecule has 1 fully saturated rings. The lowest BCUT2D eigenvalue weighted by Gasteiger charge is -2.32. The Hall–Kier alpha value is -1.66. The molecule has 0 unspecified atom stereocenters. The van der Waals surface area contributed by atoms with Gasteiger partial charge in [-0.1, -0.05) is 12.1 Å². The number of hydrogen-bond acceptors (Lipinski definition) is 5. The van der Waals surface area contributed by atoms with Gasteiger partial charge in [0.1, 0.15) is 5.82 Å². The third-order valence-corrected chi connectivity index (χ3v) is 4.99. The van der Waals surface area contributed by atoms with Crippen LogP contribution in [0.5, 0.6) is 0 Å². The summed E-state index contributed by atoms with van der Waals surface area (Å²) in [5.41, 5.74) is 0.587. The molecule has 1 aromatic carbocycles. The lowest BCUT2D eigenvalue weighted by molar-refractivity contribution is 0.414. The number of para-hydroxylation sites is 1. The van der Waals surface area contributed by atoms with Crippen molar-refractivity contribution in [3.05, 3.63) is 41.7 Å². The second-order valence-corrected chi connectivity index (χ2v) is 6.66. The summed E-state index contributed by atoms with van der Waals surface area (Å²) in [6.07, 6.45) is 5.16. The average molecular weight is 334 g/mol. The molecule has 0 bridgehead atoms. The molecule has 4 nitrogen and oxygen atoms in total. The first-order chi connectivity index (χ1) is 11.3. The monoisotopic (exact) mass is 334 g/mol. The molecule has 3 rings (SSSR count). The number of thiazole rings is 1. The molecule has 0 atom stereocenters. The molecular weight excluding hydrogens is 311 g/mol. The summed E-state index contributed by atoms with van der Waals surface area (Å²) in [5.74, 6) is -0.185. The van der Waals surface area contributed by atoms with Gasteiger partial charge < -0.3 is 15.5 Å². The topological polar surface area (TPSA) is 40.2 Å². The minimum Gasteiger partial charge on any atom is -0.383 e. The molecule has 0 aliphatic carbocycles. The van der Waals surface area contributed by atoms with Crippen LogP contribution in [-0.4, -0.2) is 37.2 Å². The Bertz CT molecular complexity index is 582. The van der Waals surface area contributed by atoms with Gasteiger partial charge in [-0.3, -0.25) is 0 Å². The van der Waals surface area contributed by atoms with Crippen LogP contribution >= 0.6 is 11.3 Å². The number of anilines is 2. The number of piperidine rings is 1. The van der Waals surface area contributed by atoms with Gasteiger partial charge in [0.15, 0.2) is 5.13 Å². The van der Waals surface area contributed by atoms with E-state index in [1.54, 1.807) is 23.5 Å². The maximum absolute atomic E-state index is 13.5. The molecule has 2 N–H and O–H groups in total. The molecule has 2 heterocycles. The van der Waals surface area contributed by atoms with Crippen LogP contribution in [-0.2, 0) is 0 Å². The van der Waals surface area contributed by atoms with E-state index in [9.17, 15) is 4.39 Å². The van der Waals surface area contributed by atoms with Crippen LogP contribution in [0.3, 0.4) is 0 Å². The first-order valence-corrected chi connectivity index (χ1v) is 9.07. The predicted molar refractivity (Wildman–Crippen MR) is 94.9 cm³/mol. The van der Waals surface area contributed by atoms with Crippen LogP contribution in [0.25, 0.3) is 0 Å². The highest BCUT2D eigenvalue weighted by Crippen LogP contribution is 2.21. The molecule has 6 heteroatoms. The normalized spacial score (nSPS) is 15.8. The molecular formula is C17H23FN4S. The number of aromatic nitrogens is 1. The quantitative estimate of drug-likeness (QED) is 0.762. The van der Waals surface area contributed by atoms with Gasteiger partial charge in [0.2, 0.25) is 0 Å². The number of rotatable bonds is 7. The van der Waals surface area contributed by atoms with Crippen molar-refractivity contribution in [2.75, 3.05) is 36.4 Å². The highest BCUT2D eigenvalue weighted by Gasteiger charge is 2.19. The number of nitrogens with one attached hydrogen (secondary N) is 2. The van der Waals surface area contributed by atoms with E-state index in [-0.39, 0.29) is 5.82 Å². The molecule has 1 aliphatic heterocycles. The highest BCUT2D eigenvalue weighted by atomic mass is 32.1. The maximum atomic E-state index is 13.5. The van der Waals surface area contributed by atoms with E-state index < -0.39 is 0 Å². The van der Waals surface area contributed by atoms with Crippen LogP contribution in [0.15, 0.2) is 35.8 Å². The minimum absolute atomic E-state index is 0.185. The van der Waals surface area contributed by atoms with E-state index in [2.05, 4.69) is 20.5 Å². The number of hydrogen-bond donors (Lipinski definition) is 2. The minimum atomic E-state index is -0.185. The van der Waals surface area contributed by atoms with Gasteiger partial charge >= 0.3 is 0 Å². The van der Waals surface area contributed by atoms with Crippen molar-refractivity contribution < 1.29 is 4.39 Å². The Labute approximate surface area is 140 Å². The fourth-order valence-corrected chi connectivity index (χ4v) is 3.57. The SMILES string of the molecule is Fc1ccccc1NCCCNC1CCN(c2nccs2)CC1. The summed E-state index contributed by atoms with van der Waals surface area (Å²) >= 11 is 1.71. The molecule has 124 valence electrons. The highest BCUT2D eigenvalue weighted by molar-refractivity contribution is 7.13. The first-order valence-electron chi connectivity index (χ1n) is 8.19. The summed E-state index contributed by atoms with van der Waals surface area (Å²) in [6.45, 7) is 3.88. The summed E-state index contributed by atoms with van der Waals surface area (Å²) < 4.78 is 13.5. The average Bonchev–Trinajstić information content (AvgIpc) is 3.11. The molecule has 1 saturated heterocycles. The Morgan fingerprint density at radius 2 is 2.04 bits per heavy atom. The van der Waals surface area contributed by atoms with Crippen molar-refractivity contribution in [3.8, 4) is 0 Å². The Morgan fingerprint density at radius 3 is 2.78 bits per heavy atom. The van der Waals surface area contributed by atoms with Crippen molar-refractivity contribution in [1.82, 2.24) is 10.3 Å². The van der Waals surface area contributed by atoms with Gasteiger partial charge in [-0.25, -0.2) is 9.37 Å². The first kappa shape index (κ1) is 16.2. The van der Waals surface area contributed by atoms with Crippen molar-refractivity contribution in [2.24, 2.45) is 0 Å². The van der Waals surface area contributed by atoms with E-state index in [1.807, 2.05) is 17.6 Å². The standard InChI is InChI=1S/C17H23FN4S/c18-15-4-1-2-5-16(15)20-9-3-8-19-14-6-11-22(12-7-14)17-21-10-13-23-17/h1-2,4-5,10,13-14,19-20H,3,6-9,11-12H2. The Morgan fingerprint density at radius 1 is 1.22 bits per heavy atom. The van der Waals surface area contributed by atoms with Crippen LogP contribution in [0.4, 0.5) is 15.2 Å². The van der Waals surface area contributed by atoms with Crippen LogP contribution in [0, 0.1) is 5.82 Å². The van der Waals surface area contributed by atoms with Crippen molar-refractivity contribution >= 4 is 22.2 Å². The number of halogens is 1. The summed E-state index contributed by atoms with van der Waals surface area (Å²) in [4.78, 5) is 6.74. The van der Waals surface area contributed by atoms with Crippen molar-refractivity contribution in [2.45, 2.75) is 25.3 Å². The van der Waals surface area contributed by atoms with E-state index in [0.29, 0.717) is 11.7 Å². The molecule has 0 radical (unpaired) electrons. The lowest BCUT2D eigenvalue weighted by Crippen LogP contribution is -2.43. The predicted octanol–water partition coefficient (Wildman–Crippen LogP) is 3.34.